The standard InChI is InChI=1S/C17H20FNO2/c1-4-19-12(2)13-8-9-17(16(18)10-13)21-15-7-5-6-14(11-15)20-3/h5-12,19H,4H2,1-3H3. The lowest BCUT2D eigenvalue weighted by Crippen LogP contribution is -2.17. The molecule has 0 spiro atoms. The molecule has 0 bridgehead atoms. The van der Waals surface area contributed by atoms with E-state index in [-0.39, 0.29) is 17.6 Å². The molecule has 1 atom stereocenters. The zero-order chi connectivity index (χ0) is 15.2. The van der Waals surface area contributed by atoms with Crippen molar-refractivity contribution in [1.82, 2.24) is 5.32 Å². The van der Waals surface area contributed by atoms with Crippen LogP contribution in [0.25, 0.3) is 0 Å². The SMILES string of the molecule is CCNC(C)c1ccc(Oc2cccc(OC)c2)c(F)c1. The summed E-state index contributed by atoms with van der Waals surface area (Å²) < 4.78 is 24.8. The summed E-state index contributed by atoms with van der Waals surface area (Å²) in [5.74, 6) is 1.04. The van der Waals surface area contributed by atoms with Crippen molar-refractivity contribution in [3.8, 4) is 17.2 Å². The van der Waals surface area contributed by atoms with Gasteiger partial charge in [-0.2, -0.15) is 0 Å². The summed E-state index contributed by atoms with van der Waals surface area (Å²) >= 11 is 0. The molecule has 0 amide bonds. The molecule has 2 aromatic rings. The van der Waals surface area contributed by atoms with E-state index in [1.165, 1.54) is 6.07 Å². The van der Waals surface area contributed by atoms with E-state index < -0.39 is 0 Å². The predicted octanol–water partition coefficient (Wildman–Crippen LogP) is 4.30. The lowest BCUT2D eigenvalue weighted by atomic mass is 10.1. The fourth-order valence-electron chi connectivity index (χ4n) is 2.08. The molecule has 4 heteroatoms. The number of ether oxygens (including phenoxy) is 2. The van der Waals surface area contributed by atoms with E-state index in [4.69, 9.17) is 9.47 Å². The average Bonchev–Trinajstić information content (AvgIpc) is 2.49. The Hall–Kier alpha value is -2.07. The average molecular weight is 289 g/mol. The highest BCUT2D eigenvalue weighted by molar-refractivity contribution is 5.38. The smallest absolute Gasteiger partial charge is 0.166 e. The van der Waals surface area contributed by atoms with Gasteiger partial charge in [-0.1, -0.05) is 19.1 Å². The second kappa shape index (κ2) is 7.09. The molecular formula is C17H20FNO2. The lowest BCUT2D eigenvalue weighted by molar-refractivity contribution is 0.405. The maximum atomic E-state index is 14.1. The first-order chi connectivity index (χ1) is 10.1. The first kappa shape index (κ1) is 15.3. The predicted molar refractivity (Wildman–Crippen MR) is 81.6 cm³/mol. The van der Waals surface area contributed by atoms with Crippen molar-refractivity contribution < 1.29 is 13.9 Å². The molecule has 0 aliphatic rings. The fraction of sp³-hybridized carbons (Fsp3) is 0.294. The van der Waals surface area contributed by atoms with Crippen molar-refractivity contribution >= 4 is 0 Å². The topological polar surface area (TPSA) is 30.5 Å². The summed E-state index contributed by atoms with van der Waals surface area (Å²) in [6.07, 6.45) is 0. The first-order valence-corrected chi connectivity index (χ1v) is 6.98. The summed E-state index contributed by atoms with van der Waals surface area (Å²) in [6, 6.07) is 12.2. The van der Waals surface area contributed by atoms with Gasteiger partial charge in [0.05, 0.1) is 7.11 Å². The van der Waals surface area contributed by atoms with Crippen LogP contribution in [-0.2, 0) is 0 Å². The number of halogens is 1. The van der Waals surface area contributed by atoms with Crippen LogP contribution in [0, 0.1) is 5.82 Å². The maximum Gasteiger partial charge on any atom is 0.166 e. The Morgan fingerprint density at radius 1 is 1.14 bits per heavy atom. The highest BCUT2D eigenvalue weighted by Crippen LogP contribution is 2.28. The highest BCUT2D eigenvalue weighted by atomic mass is 19.1. The number of nitrogens with one attached hydrogen (secondary N) is 1. The van der Waals surface area contributed by atoms with Gasteiger partial charge in [0.2, 0.25) is 0 Å². The van der Waals surface area contributed by atoms with E-state index in [1.807, 2.05) is 26.0 Å². The molecule has 21 heavy (non-hydrogen) atoms. The van der Waals surface area contributed by atoms with E-state index in [9.17, 15) is 4.39 Å². The second-order valence-corrected chi connectivity index (χ2v) is 4.75. The molecule has 0 fully saturated rings. The van der Waals surface area contributed by atoms with Gasteiger partial charge < -0.3 is 14.8 Å². The molecule has 0 aliphatic carbocycles. The molecule has 0 radical (unpaired) electrons. The van der Waals surface area contributed by atoms with Crippen LogP contribution in [-0.4, -0.2) is 13.7 Å². The van der Waals surface area contributed by atoms with Crippen LogP contribution in [0.3, 0.4) is 0 Å². The molecule has 3 nitrogen and oxygen atoms in total. The molecule has 0 saturated carbocycles. The molecular weight excluding hydrogens is 269 g/mol. The van der Waals surface area contributed by atoms with Gasteiger partial charge in [-0.15, -0.1) is 0 Å². The highest BCUT2D eigenvalue weighted by Gasteiger charge is 2.10. The van der Waals surface area contributed by atoms with Gasteiger partial charge in [0.1, 0.15) is 11.5 Å². The lowest BCUT2D eigenvalue weighted by Gasteiger charge is -2.14. The van der Waals surface area contributed by atoms with Crippen LogP contribution < -0.4 is 14.8 Å². The van der Waals surface area contributed by atoms with E-state index >= 15 is 0 Å². The van der Waals surface area contributed by atoms with E-state index in [0.29, 0.717) is 11.5 Å². The minimum absolute atomic E-state index is 0.107. The number of hydrogen-bond donors (Lipinski definition) is 1. The van der Waals surface area contributed by atoms with Gasteiger partial charge in [0.25, 0.3) is 0 Å². The number of rotatable bonds is 6. The Labute approximate surface area is 124 Å². The summed E-state index contributed by atoms with van der Waals surface area (Å²) in [7, 11) is 1.58. The minimum Gasteiger partial charge on any atom is -0.497 e. The molecule has 0 aliphatic heterocycles. The molecule has 0 aromatic heterocycles. The Balaban J connectivity index is 2.17. The second-order valence-electron chi connectivity index (χ2n) is 4.75. The minimum atomic E-state index is -0.375. The Morgan fingerprint density at radius 3 is 2.57 bits per heavy atom. The van der Waals surface area contributed by atoms with Gasteiger partial charge in [-0.05, 0) is 43.3 Å². The van der Waals surface area contributed by atoms with E-state index in [0.717, 1.165) is 12.1 Å². The fourth-order valence-corrected chi connectivity index (χ4v) is 2.08. The Morgan fingerprint density at radius 2 is 1.90 bits per heavy atom. The van der Waals surface area contributed by atoms with Gasteiger partial charge in [0, 0.05) is 12.1 Å². The monoisotopic (exact) mass is 289 g/mol. The quantitative estimate of drug-likeness (QED) is 0.860. The summed E-state index contributed by atoms with van der Waals surface area (Å²) in [5.41, 5.74) is 0.896. The normalized spacial score (nSPS) is 12.0. The third-order valence-corrected chi connectivity index (χ3v) is 3.24. The van der Waals surface area contributed by atoms with Crippen molar-refractivity contribution in [3.63, 3.8) is 0 Å². The Kier molecular flexibility index (Phi) is 5.17. The molecule has 1 N–H and O–H groups in total. The summed E-state index contributed by atoms with van der Waals surface area (Å²) in [5, 5.41) is 3.25. The first-order valence-electron chi connectivity index (χ1n) is 6.98. The van der Waals surface area contributed by atoms with Crippen LogP contribution in [0.1, 0.15) is 25.5 Å². The molecule has 0 saturated heterocycles. The number of methoxy groups -OCH3 is 1. The van der Waals surface area contributed by atoms with Crippen LogP contribution in [0.2, 0.25) is 0 Å². The van der Waals surface area contributed by atoms with E-state index in [2.05, 4.69) is 5.32 Å². The van der Waals surface area contributed by atoms with Crippen molar-refractivity contribution in [2.75, 3.05) is 13.7 Å². The molecule has 2 aromatic carbocycles. The largest absolute Gasteiger partial charge is 0.497 e. The summed E-state index contributed by atoms with van der Waals surface area (Å²) in [4.78, 5) is 0. The van der Waals surface area contributed by atoms with Crippen molar-refractivity contribution in [2.24, 2.45) is 0 Å². The van der Waals surface area contributed by atoms with Crippen molar-refractivity contribution in [2.45, 2.75) is 19.9 Å². The van der Waals surface area contributed by atoms with Gasteiger partial charge in [-0.25, -0.2) is 4.39 Å². The molecule has 112 valence electrons. The summed E-state index contributed by atoms with van der Waals surface area (Å²) in [6.45, 7) is 4.86. The third-order valence-electron chi connectivity index (χ3n) is 3.24. The molecule has 1 unspecified atom stereocenters. The maximum absolute atomic E-state index is 14.1. The van der Waals surface area contributed by atoms with Gasteiger partial charge in [0.15, 0.2) is 11.6 Å². The molecule has 0 heterocycles. The van der Waals surface area contributed by atoms with Gasteiger partial charge in [-0.3, -0.25) is 0 Å². The Bertz CT molecular complexity index is 601. The van der Waals surface area contributed by atoms with E-state index in [1.54, 1.807) is 31.4 Å². The molecule has 2 rings (SSSR count). The van der Waals surface area contributed by atoms with Crippen molar-refractivity contribution in [3.05, 3.63) is 53.8 Å². The third kappa shape index (κ3) is 3.95. The van der Waals surface area contributed by atoms with Crippen molar-refractivity contribution in [1.29, 1.82) is 0 Å². The van der Waals surface area contributed by atoms with Crippen LogP contribution in [0.5, 0.6) is 17.2 Å². The zero-order valence-electron chi connectivity index (χ0n) is 12.5. The van der Waals surface area contributed by atoms with Crippen LogP contribution >= 0.6 is 0 Å². The zero-order valence-corrected chi connectivity index (χ0v) is 12.5. The van der Waals surface area contributed by atoms with Crippen LogP contribution in [0.4, 0.5) is 4.39 Å². The van der Waals surface area contributed by atoms with Crippen LogP contribution in [0.15, 0.2) is 42.5 Å². The number of benzene rings is 2. The van der Waals surface area contributed by atoms with Gasteiger partial charge >= 0.3 is 0 Å². The number of hydrogen-bond acceptors (Lipinski definition) is 3.